The number of rotatable bonds is 3. The fourth-order valence-corrected chi connectivity index (χ4v) is 3.14. The Balaban J connectivity index is 2.21. The lowest BCUT2D eigenvalue weighted by Crippen LogP contribution is -2.43. The van der Waals surface area contributed by atoms with Gasteiger partial charge in [0.1, 0.15) is 5.69 Å². The third kappa shape index (κ3) is 3.78. The number of aromatic nitrogens is 1. The molecule has 0 unspecified atom stereocenters. The number of carbonyl (C=O) groups excluding carboxylic acids is 1. The van der Waals surface area contributed by atoms with Gasteiger partial charge in [0, 0.05) is 39.0 Å². The van der Waals surface area contributed by atoms with Crippen LogP contribution in [-0.4, -0.2) is 65.2 Å². The predicted octanol–water partition coefficient (Wildman–Crippen LogP) is 1.45. The Morgan fingerprint density at radius 2 is 2.14 bits per heavy atom. The van der Waals surface area contributed by atoms with E-state index in [-0.39, 0.29) is 18.4 Å². The Hall–Kier alpha value is -1.04. The van der Waals surface area contributed by atoms with E-state index in [0.717, 1.165) is 12.8 Å². The number of likely N-dealkylation sites (tertiary alicyclic amines) is 1. The fraction of sp³-hybridized carbons (Fsp3) is 0.667. The first-order valence-electron chi connectivity index (χ1n) is 7.30. The molecule has 6 heteroatoms. The van der Waals surface area contributed by atoms with Crippen molar-refractivity contribution in [2.24, 2.45) is 13.0 Å². The highest BCUT2D eigenvalue weighted by molar-refractivity contribution is 6.31. The van der Waals surface area contributed by atoms with Crippen LogP contribution in [0.4, 0.5) is 0 Å². The second-order valence-electron chi connectivity index (χ2n) is 6.11. The Morgan fingerprint density at radius 3 is 2.67 bits per heavy atom. The molecule has 0 aromatic carbocycles. The molecule has 1 aromatic rings. The van der Waals surface area contributed by atoms with Gasteiger partial charge in [-0.25, -0.2) is 0 Å². The summed E-state index contributed by atoms with van der Waals surface area (Å²) < 4.78 is 1.76. The lowest BCUT2D eigenvalue weighted by molar-refractivity contribution is 0.0679. The number of nitrogens with zero attached hydrogens (tertiary/aromatic N) is 3. The number of aryl methyl sites for hydroxylation is 1. The zero-order valence-electron chi connectivity index (χ0n) is 12.9. The molecule has 1 aromatic heterocycles. The van der Waals surface area contributed by atoms with Crippen LogP contribution in [-0.2, 0) is 7.05 Å². The number of aliphatic hydroxyl groups excluding tert-OH is 1. The monoisotopic (exact) mass is 313 g/mol. The number of amides is 1. The zero-order chi connectivity index (χ0) is 15.6. The van der Waals surface area contributed by atoms with Crippen molar-refractivity contribution in [3.63, 3.8) is 0 Å². The van der Waals surface area contributed by atoms with Gasteiger partial charge in [-0.1, -0.05) is 11.6 Å². The van der Waals surface area contributed by atoms with E-state index in [1.807, 2.05) is 26.0 Å². The van der Waals surface area contributed by atoms with Gasteiger partial charge < -0.3 is 19.5 Å². The molecule has 0 radical (unpaired) electrons. The highest BCUT2D eigenvalue weighted by atomic mass is 35.5. The molecule has 1 N–H and O–H groups in total. The zero-order valence-corrected chi connectivity index (χ0v) is 13.7. The topological polar surface area (TPSA) is 48.7 Å². The molecule has 0 saturated carbocycles. The van der Waals surface area contributed by atoms with E-state index in [1.54, 1.807) is 16.8 Å². The quantitative estimate of drug-likeness (QED) is 0.919. The standard InChI is InChI=1S/C15H24ClN3O2/c1-17(2)13-5-4-11(10-20)7-19(9-13)15(21)14-6-12(16)8-18(14)3/h6,8,11,13,20H,4-5,7,9-10H2,1-3H3/t11-,13+/m0/s1. The minimum absolute atomic E-state index is 0.0170. The molecule has 1 aliphatic rings. The fourth-order valence-electron chi connectivity index (χ4n) is 2.89. The number of aliphatic hydroxyl groups is 1. The van der Waals surface area contributed by atoms with Crippen LogP contribution in [0.15, 0.2) is 12.3 Å². The average Bonchev–Trinajstić information content (AvgIpc) is 2.65. The van der Waals surface area contributed by atoms with E-state index >= 15 is 0 Å². The first-order valence-corrected chi connectivity index (χ1v) is 7.68. The molecule has 2 heterocycles. The normalized spacial score (nSPS) is 23.4. The molecule has 2 atom stereocenters. The van der Waals surface area contributed by atoms with Gasteiger partial charge in [0.2, 0.25) is 0 Å². The van der Waals surface area contributed by atoms with Crippen molar-refractivity contribution in [1.82, 2.24) is 14.4 Å². The summed E-state index contributed by atoms with van der Waals surface area (Å²) in [5, 5.41) is 10.1. The molecule has 5 nitrogen and oxygen atoms in total. The van der Waals surface area contributed by atoms with Crippen LogP contribution >= 0.6 is 11.6 Å². The van der Waals surface area contributed by atoms with E-state index < -0.39 is 0 Å². The molecule has 1 aliphatic heterocycles. The van der Waals surface area contributed by atoms with Gasteiger partial charge in [-0.3, -0.25) is 4.79 Å². The van der Waals surface area contributed by atoms with Crippen LogP contribution < -0.4 is 0 Å². The SMILES string of the molecule is CN(C)[C@@H]1CC[C@H](CO)CN(C(=O)c2cc(Cl)cn2C)C1. The summed E-state index contributed by atoms with van der Waals surface area (Å²) in [6.45, 7) is 1.41. The van der Waals surface area contributed by atoms with Gasteiger partial charge in [0.25, 0.3) is 5.91 Å². The summed E-state index contributed by atoms with van der Waals surface area (Å²) in [7, 11) is 5.89. The van der Waals surface area contributed by atoms with Crippen LogP contribution in [0.2, 0.25) is 5.02 Å². The largest absolute Gasteiger partial charge is 0.396 e. The van der Waals surface area contributed by atoms with Crippen molar-refractivity contribution in [2.45, 2.75) is 18.9 Å². The van der Waals surface area contributed by atoms with E-state index in [0.29, 0.717) is 29.8 Å². The minimum atomic E-state index is -0.0170. The van der Waals surface area contributed by atoms with E-state index in [4.69, 9.17) is 11.6 Å². The molecular weight excluding hydrogens is 290 g/mol. The molecule has 1 saturated heterocycles. The third-order valence-corrected chi connectivity index (χ3v) is 4.49. The summed E-state index contributed by atoms with van der Waals surface area (Å²) in [4.78, 5) is 16.8. The number of halogens is 1. The highest BCUT2D eigenvalue weighted by Gasteiger charge is 2.29. The molecular formula is C15H24ClN3O2. The van der Waals surface area contributed by atoms with E-state index in [2.05, 4.69) is 4.90 Å². The number of hydrogen-bond donors (Lipinski definition) is 1. The molecule has 1 amide bonds. The second-order valence-corrected chi connectivity index (χ2v) is 6.54. The minimum Gasteiger partial charge on any atom is -0.396 e. The van der Waals surface area contributed by atoms with Gasteiger partial charge in [-0.05, 0) is 38.9 Å². The summed E-state index contributed by atoms with van der Waals surface area (Å²) in [6, 6.07) is 2.02. The van der Waals surface area contributed by atoms with E-state index in [9.17, 15) is 9.90 Å². The van der Waals surface area contributed by atoms with Gasteiger partial charge in [0.15, 0.2) is 0 Å². The molecule has 2 rings (SSSR count). The number of hydrogen-bond acceptors (Lipinski definition) is 3. The van der Waals surface area contributed by atoms with Gasteiger partial charge in [-0.15, -0.1) is 0 Å². The first kappa shape index (κ1) is 16.3. The molecule has 1 fully saturated rings. The smallest absolute Gasteiger partial charge is 0.270 e. The van der Waals surface area contributed by atoms with Crippen molar-refractivity contribution in [2.75, 3.05) is 33.8 Å². The van der Waals surface area contributed by atoms with Gasteiger partial charge in [-0.2, -0.15) is 0 Å². The molecule has 21 heavy (non-hydrogen) atoms. The molecule has 0 bridgehead atoms. The molecule has 118 valence electrons. The summed E-state index contributed by atoms with van der Waals surface area (Å²) in [5.74, 6) is 0.131. The van der Waals surface area contributed by atoms with Crippen LogP contribution in [0.5, 0.6) is 0 Å². The summed E-state index contributed by atoms with van der Waals surface area (Å²) >= 11 is 5.98. The second kappa shape index (κ2) is 6.81. The maximum atomic E-state index is 12.8. The maximum Gasteiger partial charge on any atom is 0.270 e. The third-order valence-electron chi connectivity index (χ3n) is 4.28. The van der Waals surface area contributed by atoms with Crippen LogP contribution in [0.3, 0.4) is 0 Å². The van der Waals surface area contributed by atoms with Crippen molar-refractivity contribution in [3.8, 4) is 0 Å². The summed E-state index contributed by atoms with van der Waals surface area (Å²) in [5.41, 5.74) is 0.594. The lowest BCUT2D eigenvalue weighted by Gasteiger charge is -2.29. The van der Waals surface area contributed by atoms with Crippen LogP contribution in [0, 0.1) is 5.92 Å². The lowest BCUT2D eigenvalue weighted by atomic mass is 10.0. The van der Waals surface area contributed by atoms with Crippen LogP contribution in [0.1, 0.15) is 23.3 Å². The first-order chi connectivity index (χ1) is 9.92. The van der Waals surface area contributed by atoms with Crippen molar-refractivity contribution < 1.29 is 9.90 Å². The van der Waals surface area contributed by atoms with Crippen LogP contribution in [0.25, 0.3) is 0 Å². The van der Waals surface area contributed by atoms with Gasteiger partial charge >= 0.3 is 0 Å². The Bertz CT molecular complexity index is 501. The predicted molar refractivity (Wildman–Crippen MR) is 83.6 cm³/mol. The highest BCUT2D eigenvalue weighted by Crippen LogP contribution is 2.22. The van der Waals surface area contributed by atoms with E-state index in [1.165, 1.54) is 0 Å². The Labute approximate surface area is 131 Å². The number of likely N-dealkylation sites (N-methyl/N-ethyl adjacent to an activating group) is 1. The van der Waals surface area contributed by atoms with Crippen molar-refractivity contribution >= 4 is 17.5 Å². The van der Waals surface area contributed by atoms with Crippen molar-refractivity contribution in [3.05, 3.63) is 23.0 Å². The van der Waals surface area contributed by atoms with Crippen molar-refractivity contribution in [1.29, 1.82) is 0 Å². The Morgan fingerprint density at radius 1 is 1.43 bits per heavy atom. The Kier molecular flexibility index (Phi) is 5.30. The number of carbonyl (C=O) groups is 1. The molecule has 0 aliphatic carbocycles. The molecule has 0 spiro atoms. The van der Waals surface area contributed by atoms with Gasteiger partial charge in [0.05, 0.1) is 5.02 Å². The average molecular weight is 314 g/mol. The summed E-state index contributed by atoms with van der Waals surface area (Å²) in [6.07, 6.45) is 3.67. The maximum absolute atomic E-state index is 12.8.